The van der Waals surface area contributed by atoms with Crippen molar-refractivity contribution in [3.05, 3.63) is 78.2 Å². The molecule has 0 spiro atoms. The summed E-state index contributed by atoms with van der Waals surface area (Å²) in [6, 6.07) is 13.4. The highest BCUT2D eigenvalue weighted by atomic mass is 19.4. The lowest BCUT2D eigenvalue weighted by atomic mass is 9.71. The zero-order valence-electron chi connectivity index (χ0n) is 19.6. The number of nitrogens with zero attached hydrogens (tertiary/aromatic N) is 3. The number of halogens is 3. The molecule has 8 heteroatoms. The Bertz CT molecular complexity index is 1130. The summed E-state index contributed by atoms with van der Waals surface area (Å²) >= 11 is 0. The topological polar surface area (TPSA) is 55.3 Å². The van der Waals surface area contributed by atoms with E-state index >= 15 is 0 Å². The number of piperidine rings is 1. The van der Waals surface area contributed by atoms with Crippen LogP contribution < -0.4 is 4.74 Å². The number of aromatic nitrogens is 2. The molecule has 1 aliphatic heterocycles. The van der Waals surface area contributed by atoms with Gasteiger partial charge in [-0.25, -0.2) is 0 Å². The quantitative estimate of drug-likeness (QED) is 0.395. The van der Waals surface area contributed by atoms with Gasteiger partial charge in [0.15, 0.2) is 0 Å². The van der Waals surface area contributed by atoms with Crippen molar-refractivity contribution in [2.24, 2.45) is 5.41 Å². The summed E-state index contributed by atoms with van der Waals surface area (Å²) in [5.41, 5.74) is 3.04. The summed E-state index contributed by atoms with van der Waals surface area (Å²) in [4.78, 5) is 23.8. The number of hydrogen-bond acceptors (Lipinski definition) is 4. The third kappa shape index (κ3) is 6.18. The van der Waals surface area contributed by atoms with Crippen LogP contribution in [0.4, 0.5) is 13.2 Å². The fraction of sp³-hybridized carbons (Fsp3) is 0.370. The van der Waals surface area contributed by atoms with E-state index in [4.69, 9.17) is 0 Å². The smallest absolute Gasteiger partial charge is 0.406 e. The average molecular weight is 484 g/mol. The highest BCUT2D eigenvalue weighted by molar-refractivity contribution is 5.99. The normalized spacial score (nSPS) is 15.6. The molecule has 2 aromatic heterocycles. The first-order valence-electron chi connectivity index (χ1n) is 11.8. The Balaban J connectivity index is 1.46. The largest absolute Gasteiger partial charge is 0.573 e. The number of ether oxygens (including phenoxy) is 1. The third-order valence-electron chi connectivity index (χ3n) is 6.62. The molecular formula is C27H28F3N3O2. The van der Waals surface area contributed by atoms with Crippen LogP contribution in [0.25, 0.3) is 11.3 Å². The second-order valence-electron chi connectivity index (χ2n) is 9.05. The Morgan fingerprint density at radius 1 is 1.03 bits per heavy atom. The number of hydrogen-bond donors (Lipinski definition) is 0. The van der Waals surface area contributed by atoms with Gasteiger partial charge in [-0.05, 0) is 73.1 Å². The van der Waals surface area contributed by atoms with E-state index in [-0.39, 0.29) is 17.1 Å². The van der Waals surface area contributed by atoms with E-state index in [0.29, 0.717) is 24.3 Å². The van der Waals surface area contributed by atoms with Crippen LogP contribution in [0.1, 0.15) is 48.5 Å². The van der Waals surface area contributed by atoms with Crippen LogP contribution in [-0.4, -0.2) is 40.2 Å². The number of rotatable bonds is 7. The maximum Gasteiger partial charge on any atom is 0.573 e. The number of likely N-dealkylation sites (tertiary alicyclic amines) is 1. The summed E-state index contributed by atoms with van der Waals surface area (Å²) in [6.07, 6.45) is 4.75. The molecule has 0 saturated carbocycles. The molecule has 0 atom stereocenters. The van der Waals surface area contributed by atoms with E-state index in [0.717, 1.165) is 43.2 Å². The molecule has 0 aliphatic carbocycles. The van der Waals surface area contributed by atoms with Gasteiger partial charge in [-0.15, -0.1) is 13.2 Å². The lowest BCUT2D eigenvalue weighted by molar-refractivity contribution is -0.274. The van der Waals surface area contributed by atoms with Crippen LogP contribution >= 0.6 is 0 Å². The summed E-state index contributed by atoms with van der Waals surface area (Å²) < 4.78 is 41.4. The molecule has 1 saturated heterocycles. The lowest BCUT2D eigenvalue weighted by Gasteiger charge is -2.42. The van der Waals surface area contributed by atoms with Gasteiger partial charge in [0.1, 0.15) is 5.75 Å². The van der Waals surface area contributed by atoms with Crippen molar-refractivity contribution >= 4 is 5.91 Å². The first kappa shape index (κ1) is 24.7. The maximum absolute atomic E-state index is 13.4. The summed E-state index contributed by atoms with van der Waals surface area (Å²) in [7, 11) is 0. The SMILES string of the molecule is CCCC1(Cc2ccc(OC(F)(F)F)cc2)CCN(C(=O)c2cccnc2-c2ccncc2)CC1. The molecule has 0 N–H and O–H groups in total. The molecule has 3 aromatic rings. The number of benzene rings is 1. The van der Waals surface area contributed by atoms with Gasteiger partial charge in [0.05, 0.1) is 11.3 Å². The average Bonchev–Trinajstić information content (AvgIpc) is 2.85. The summed E-state index contributed by atoms with van der Waals surface area (Å²) in [5.74, 6) is -0.253. The number of amides is 1. The van der Waals surface area contributed by atoms with Crippen molar-refractivity contribution in [3.63, 3.8) is 0 Å². The first-order chi connectivity index (χ1) is 16.8. The molecule has 1 aromatic carbocycles. The number of alkyl halides is 3. The molecule has 184 valence electrons. The van der Waals surface area contributed by atoms with Gasteiger partial charge in [0.25, 0.3) is 5.91 Å². The Labute approximate surface area is 203 Å². The zero-order chi connectivity index (χ0) is 24.9. The van der Waals surface area contributed by atoms with Gasteiger partial charge in [-0.2, -0.15) is 0 Å². The molecular weight excluding hydrogens is 455 g/mol. The van der Waals surface area contributed by atoms with Gasteiger partial charge in [-0.3, -0.25) is 14.8 Å². The van der Waals surface area contributed by atoms with Crippen LogP contribution in [0.15, 0.2) is 67.1 Å². The van der Waals surface area contributed by atoms with Crippen LogP contribution in [0, 0.1) is 5.41 Å². The molecule has 0 radical (unpaired) electrons. The minimum absolute atomic E-state index is 0.000792. The van der Waals surface area contributed by atoms with Crippen LogP contribution in [0.5, 0.6) is 5.75 Å². The Hall–Kier alpha value is -3.42. The number of pyridine rings is 2. The van der Waals surface area contributed by atoms with Crippen molar-refractivity contribution in [2.75, 3.05) is 13.1 Å². The van der Waals surface area contributed by atoms with Gasteiger partial charge in [0.2, 0.25) is 0 Å². The first-order valence-corrected chi connectivity index (χ1v) is 11.8. The minimum atomic E-state index is -4.70. The number of carbonyl (C=O) groups is 1. The van der Waals surface area contributed by atoms with Crippen molar-refractivity contribution < 1.29 is 22.7 Å². The van der Waals surface area contributed by atoms with E-state index in [9.17, 15) is 18.0 Å². The molecule has 35 heavy (non-hydrogen) atoms. The Kier molecular flexibility index (Phi) is 7.38. The molecule has 4 rings (SSSR count). The fourth-order valence-electron chi connectivity index (χ4n) is 4.96. The standard InChI is InChI=1S/C27H28F3N3O2/c1-2-11-26(19-20-5-7-22(8-6-20)35-27(28,29)30)12-17-33(18-13-26)25(34)23-4-3-14-32-24(23)21-9-15-31-16-10-21/h3-10,14-16H,2,11-13,17-19H2,1H3. The molecule has 1 aliphatic rings. The number of carbonyl (C=O) groups excluding carboxylic acids is 1. The fourth-order valence-corrected chi connectivity index (χ4v) is 4.96. The van der Waals surface area contributed by atoms with E-state index in [1.54, 1.807) is 36.8 Å². The van der Waals surface area contributed by atoms with Crippen molar-refractivity contribution in [1.29, 1.82) is 0 Å². The third-order valence-corrected chi connectivity index (χ3v) is 6.62. The molecule has 1 amide bonds. The summed E-state index contributed by atoms with van der Waals surface area (Å²) in [6.45, 7) is 3.38. The molecule has 3 heterocycles. The van der Waals surface area contributed by atoms with Gasteiger partial charge in [-0.1, -0.05) is 25.5 Å². The van der Waals surface area contributed by atoms with Gasteiger partial charge >= 0.3 is 6.36 Å². The monoisotopic (exact) mass is 483 g/mol. The highest BCUT2D eigenvalue weighted by Gasteiger charge is 2.36. The van der Waals surface area contributed by atoms with Crippen molar-refractivity contribution in [2.45, 2.75) is 45.4 Å². The zero-order valence-corrected chi connectivity index (χ0v) is 19.6. The van der Waals surface area contributed by atoms with Crippen LogP contribution in [0.2, 0.25) is 0 Å². The van der Waals surface area contributed by atoms with E-state index in [1.807, 2.05) is 23.1 Å². The predicted octanol–water partition coefficient (Wildman–Crippen LogP) is 6.31. The molecule has 1 fully saturated rings. The predicted molar refractivity (Wildman–Crippen MR) is 127 cm³/mol. The Morgan fingerprint density at radius 3 is 2.34 bits per heavy atom. The van der Waals surface area contributed by atoms with E-state index < -0.39 is 6.36 Å². The van der Waals surface area contributed by atoms with Gasteiger partial charge in [0, 0.05) is 37.2 Å². The maximum atomic E-state index is 13.4. The van der Waals surface area contributed by atoms with Gasteiger partial charge < -0.3 is 9.64 Å². The Morgan fingerprint density at radius 2 is 1.71 bits per heavy atom. The molecule has 5 nitrogen and oxygen atoms in total. The van der Waals surface area contributed by atoms with E-state index in [2.05, 4.69) is 21.6 Å². The van der Waals surface area contributed by atoms with Crippen LogP contribution in [-0.2, 0) is 6.42 Å². The lowest BCUT2D eigenvalue weighted by Crippen LogP contribution is -2.44. The summed E-state index contributed by atoms with van der Waals surface area (Å²) in [5, 5.41) is 0. The highest BCUT2D eigenvalue weighted by Crippen LogP contribution is 2.40. The molecule has 0 unspecified atom stereocenters. The second kappa shape index (κ2) is 10.5. The second-order valence-corrected chi connectivity index (χ2v) is 9.05. The van der Waals surface area contributed by atoms with Crippen molar-refractivity contribution in [3.8, 4) is 17.0 Å². The van der Waals surface area contributed by atoms with E-state index in [1.165, 1.54) is 12.1 Å². The van der Waals surface area contributed by atoms with Crippen LogP contribution in [0.3, 0.4) is 0 Å². The molecule has 0 bridgehead atoms. The minimum Gasteiger partial charge on any atom is -0.406 e. The van der Waals surface area contributed by atoms with Crippen molar-refractivity contribution in [1.82, 2.24) is 14.9 Å².